The zero-order valence-corrected chi connectivity index (χ0v) is 74.5. The molecule has 0 radical (unpaired) electrons. The summed E-state index contributed by atoms with van der Waals surface area (Å²) in [5, 5.41) is 20.3. The molecule has 13 rings (SSSR count). The molecule has 4 fully saturated rings. The summed E-state index contributed by atoms with van der Waals surface area (Å²) >= 11 is 12.9. The highest BCUT2D eigenvalue weighted by Crippen LogP contribution is 2.43. The lowest BCUT2D eigenvalue weighted by Crippen LogP contribution is -2.52. The minimum atomic E-state index is -4.02. The fraction of sp³-hybridized carbons (Fsp3) is 0.451. The Kier molecular flexibility index (Phi) is 32.8. The number of anilines is 9. The van der Waals surface area contributed by atoms with Crippen LogP contribution in [0.4, 0.5) is 51.7 Å². The van der Waals surface area contributed by atoms with Crippen molar-refractivity contribution in [2.75, 3.05) is 172 Å². The number of piperazine rings is 2. The fourth-order valence-corrected chi connectivity index (χ4v) is 17.6. The predicted molar refractivity (Wildman–Crippen MR) is 483 cm³/mol. The molecular weight excluding hydrogens is 1640 g/mol. The van der Waals surface area contributed by atoms with Crippen LogP contribution in [0.2, 0.25) is 5.28 Å². The van der Waals surface area contributed by atoms with Crippen LogP contribution in [0.3, 0.4) is 0 Å². The first-order valence-electron chi connectivity index (χ1n) is 38.5. The van der Waals surface area contributed by atoms with E-state index < -0.39 is 24.1 Å². The Morgan fingerprint density at radius 2 is 1.07 bits per heavy atom. The van der Waals surface area contributed by atoms with E-state index in [2.05, 4.69) is 199 Å². The molecule has 0 atom stereocenters. The first kappa shape index (κ1) is 89.5. The van der Waals surface area contributed by atoms with Gasteiger partial charge in [0.15, 0.2) is 0 Å². The van der Waals surface area contributed by atoms with E-state index in [4.69, 9.17) is 41.5 Å². The molecule has 0 amide bonds. The van der Waals surface area contributed by atoms with E-state index in [1.54, 1.807) is 58.4 Å². The van der Waals surface area contributed by atoms with Crippen molar-refractivity contribution >= 4 is 136 Å². The largest absolute Gasteiger partial charge is 0.495 e. The zero-order chi connectivity index (χ0) is 81.9. The summed E-state index contributed by atoms with van der Waals surface area (Å²) < 4.78 is 59.0. The lowest BCUT2D eigenvalue weighted by atomic mass is 9.99. The number of nitrogens with zero attached hydrogens (tertiary/aromatic N) is 14. The number of nitrogen functional groups attached to an aromatic ring is 1. The number of piperidine rings is 2. The number of rotatable bonds is 21. The maximum absolute atomic E-state index is 12.8. The number of nitrogens with two attached hydrogens (primary N) is 1. The standard InChI is InChI=1S/C36H49BrN9OP.C19H32N4O.C16H16BrClN5OP.C7H8O3S.C4H10O.3H2/c1-8-25-19-30(33(47-4)21-32(25)46-13-11-27(12-14-46)45-17-15-43(2)16-18-45)41-36-38-22-28(37)35(42-36)40-29-10-9-26(20-34(29)48(5,6)7)31-23-44(3)24-39-31;1-4-15-13-17(20)19(24-3)14-18(15)23-7-5-16(6-8-23)22-11-9-21(2)10-12-22;1-23-8-13(20-9-23)10-4-5-12(14(6-10)25(2,3)24)21-15-11(17)7-19-16(18)22-15;1-6-2-4-7(5-3-6)11(8,9)10;1-2-3-4-5;;;/h9-10,19-24,27H,5,8,11-18H2,1-4,6-7H3,(H2,38,40,41,42);13-14,16H,4-12,20H2,1-3H3;4-9H,1-3H3,(H,19,21,22);2-5H,1H3,(H,8,9,10);5H,2-4H2,1H3;3*1H. The molecule has 618 valence electrons. The molecule has 25 nitrogen and oxygen atoms in total. The third-order valence-electron chi connectivity index (χ3n) is 20.6. The Hall–Kier alpha value is -7.43. The summed E-state index contributed by atoms with van der Waals surface area (Å²) in [6, 6.07) is 28.1. The maximum Gasteiger partial charge on any atom is 0.294 e. The molecule has 0 spiro atoms. The number of hydrogen-bond acceptors (Lipinski definition) is 22. The van der Waals surface area contributed by atoms with Gasteiger partial charge in [-0.15, -0.1) is 0 Å². The number of hydrogen-bond donors (Lipinski definition) is 6. The predicted octanol–water partition coefficient (Wildman–Crippen LogP) is 15.3. The van der Waals surface area contributed by atoms with Gasteiger partial charge >= 0.3 is 0 Å². The van der Waals surface area contributed by atoms with Gasteiger partial charge in [0.05, 0.1) is 69.2 Å². The number of likely N-dealkylation sites (N-methyl/N-ethyl adjacent to an activating group) is 2. The van der Waals surface area contributed by atoms with Gasteiger partial charge in [0.25, 0.3) is 10.1 Å². The second-order valence-corrected chi connectivity index (χ2v) is 40.5. The van der Waals surface area contributed by atoms with Crippen molar-refractivity contribution in [2.45, 2.75) is 96.0 Å². The third-order valence-corrected chi connectivity index (χ3v) is 26.0. The summed E-state index contributed by atoms with van der Waals surface area (Å²) in [6.07, 6.45) is 24.2. The van der Waals surface area contributed by atoms with Crippen molar-refractivity contribution in [2.24, 2.45) is 14.1 Å². The molecule has 113 heavy (non-hydrogen) atoms. The van der Waals surface area contributed by atoms with Gasteiger partial charge in [-0.2, -0.15) is 18.4 Å². The average molecular weight is 1760 g/mol. The normalized spacial score (nSPS) is 15.6. The molecule has 9 aromatic rings. The van der Waals surface area contributed by atoms with Gasteiger partial charge in [-0.3, -0.25) is 14.4 Å². The number of unbranched alkanes of at least 4 members (excludes halogenated alkanes) is 1. The van der Waals surface area contributed by atoms with Crippen LogP contribution in [0.25, 0.3) is 22.5 Å². The Bertz CT molecular complexity index is 4840. The molecule has 4 saturated heterocycles. The van der Waals surface area contributed by atoms with Crippen LogP contribution in [-0.4, -0.2) is 235 Å². The minimum absolute atomic E-state index is 0. The van der Waals surface area contributed by atoms with Crippen molar-refractivity contribution in [1.82, 2.24) is 58.6 Å². The maximum atomic E-state index is 12.8. The molecule has 0 unspecified atom stereocenters. The number of aryl methyl sites for hydroxylation is 5. The molecule has 4 aliphatic rings. The molecular formula is C82H121Br2ClN18O7P2S. The Morgan fingerprint density at radius 1 is 0.611 bits per heavy atom. The van der Waals surface area contributed by atoms with E-state index in [-0.39, 0.29) is 14.5 Å². The lowest BCUT2D eigenvalue weighted by Gasteiger charge is -2.43. The number of methoxy groups -OCH3 is 2. The molecule has 0 bridgehead atoms. The molecule has 0 aliphatic carbocycles. The van der Waals surface area contributed by atoms with E-state index >= 15 is 0 Å². The van der Waals surface area contributed by atoms with Crippen molar-refractivity contribution in [3.8, 4) is 34.0 Å². The van der Waals surface area contributed by atoms with Gasteiger partial charge in [0, 0.05) is 186 Å². The van der Waals surface area contributed by atoms with Crippen molar-refractivity contribution < 1.29 is 36.4 Å². The summed E-state index contributed by atoms with van der Waals surface area (Å²) in [5.41, 5.74) is 19.2. The summed E-state index contributed by atoms with van der Waals surface area (Å²) in [5.74, 6) is 3.24. The topological polar surface area (TPSA) is 279 Å². The molecule has 5 aromatic carbocycles. The van der Waals surface area contributed by atoms with E-state index in [1.807, 2.05) is 67.1 Å². The van der Waals surface area contributed by atoms with Crippen LogP contribution in [0.15, 0.2) is 136 Å². The van der Waals surface area contributed by atoms with E-state index in [0.717, 1.165) is 124 Å². The number of halogens is 3. The number of aliphatic hydroxyl groups excluding tert-OH is 1. The van der Waals surface area contributed by atoms with Crippen molar-refractivity contribution in [1.29, 1.82) is 0 Å². The van der Waals surface area contributed by atoms with Gasteiger partial charge < -0.3 is 69.6 Å². The lowest BCUT2D eigenvalue weighted by molar-refractivity contribution is 0.0982. The molecule has 8 heterocycles. The smallest absolute Gasteiger partial charge is 0.294 e. The van der Waals surface area contributed by atoms with E-state index in [0.29, 0.717) is 40.4 Å². The van der Waals surface area contributed by atoms with Gasteiger partial charge in [0.2, 0.25) is 11.2 Å². The fourth-order valence-electron chi connectivity index (χ4n) is 14.0. The van der Waals surface area contributed by atoms with Gasteiger partial charge in [-0.05, 0) is 201 Å². The summed E-state index contributed by atoms with van der Waals surface area (Å²) in [7, 11) is 5.19. The van der Waals surface area contributed by atoms with Crippen LogP contribution in [-0.2, 0) is 41.6 Å². The Morgan fingerprint density at radius 3 is 1.50 bits per heavy atom. The molecule has 4 aliphatic heterocycles. The number of benzene rings is 5. The third kappa shape index (κ3) is 25.3. The van der Waals surface area contributed by atoms with Crippen LogP contribution in [0.5, 0.6) is 11.5 Å². The SMILES string of the molecule is C=P(C)(C)c1cc(-c2cn(C)cn2)ccc1Nc1nc(Nc2cc(CC)c(N3CCC(N4CCN(C)CC4)CC3)cc2OC)ncc1Br.CCCCO.CCc1cc(N)c(OC)cc1N1CCC(N2CCN(C)CC2)CC1.Cc1ccc(S(=O)(=O)O)cc1.Cn1cnc(-c2ccc(Nc3nc(Cl)ncc3Br)c(P(C)(C)=O)c2)c1.[HH].[HH].[HH]. The van der Waals surface area contributed by atoms with Crippen LogP contribution >= 0.6 is 57.5 Å². The van der Waals surface area contributed by atoms with Gasteiger partial charge in [-0.1, -0.05) is 70.2 Å². The number of nitrogens with one attached hydrogen (secondary N) is 3. The van der Waals surface area contributed by atoms with E-state index in [9.17, 15) is 13.0 Å². The Balaban J connectivity index is 0.000000259. The van der Waals surface area contributed by atoms with Gasteiger partial charge in [0.1, 0.15) is 30.3 Å². The highest BCUT2D eigenvalue weighted by atomic mass is 79.9. The van der Waals surface area contributed by atoms with Crippen LogP contribution < -0.4 is 51.6 Å². The van der Waals surface area contributed by atoms with E-state index in [1.165, 1.54) is 118 Å². The summed E-state index contributed by atoms with van der Waals surface area (Å²) in [4.78, 5) is 41.7. The monoisotopic (exact) mass is 1760 g/mol. The van der Waals surface area contributed by atoms with Crippen LogP contribution in [0.1, 0.15) is 80.3 Å². The number of ether oxygens (including phenoxy) is 2. The first-order chi connectivity index (χ1) is 53.8. The second kappa shape index (κ2) is 41.4. The van der Waals surface area contributed by atoms with Crippen LogP contribution in [0, 0.1) is 6.92 Å². The quantitative estimate of drug-likeness (QED) is 0.0169. The highest BCUT2D eigenvalue weighted by molar-refractivity contribution is 9.11. The number of aromatic nitrogens is 8. The highest BCUT2D eigenvalue weighted by Gasteiger charge is 2.31. The molecule has 7 N–H and O–H groups in total. The first-order valence-corrected chi connectivity index (χ1v) is 47.3. The minimum Gasteiger partial charge on any atom is -0.495 e. The Labute approximate surface area is 695 Å². The van der Waals surface area contributed by atoms with Crippen molar-refractivity contribution in [3.63, 3.8) is 0 Å². The van der Waals surface area contributed by atoms with Crippen molar-refractivity contribution in [3.05, 3.63) is 153 Å². The number of imidazole rings is 2. The number of aliphatic hydroxyl groups is 1. The average Bonchev–Trinajstić information content (AvgIpc) is 1.01. The molecule has 31 heteroatoms. The zero-order valence-electron chi connectivity index (χ0n) is 68.0. The van der Waals surface area contributed by atoms with Gasteiger partial charge in [-0.25, -0.2) is 19.9 Å². The summed E-state index contributed by atoms with van der Waals surface area (Å²) in [6.45, 7) is 28.8. The molecule has 0 saturated carbocycles. The molecule has 4 aromatic heterocycles. The second-order valence-electron chi connectivity index (χ2n) is 30.0.